The SMILES string of the molecule is COc1c([C@@H](O)CC(C)C)ccc2c1C(=O)Oc1cc(C)cc(CO)c1O2. The second-order valence-corrected chi connectivity index (χ2v) is 7.11. The van der Waals surface area contributed by atoms with E-state index in [9.17, 15) is 15.0 Å². The lowest BCUT2D eigenvalue weighted by molar-refractivity contribution is 0.0733. The molecule has 2 aromatic rings. The fourth-order valence-corrected chi connectivity index (χ4v) is 3.30. The molecule has 0 bridgehead atoms. The highest BCUT2D eigenvalue weighted by Gasteiger charge is 2.31. The van der Waals surface area contributed by atoms with Crippen LogP contribution in [-0.2, 0) is 6.61 Å². The first-order chi connectivity index (χ1) is 12.8. The second-order valence-electron chi connectivity index (χ2n) is 7.11. The maximum absolute atomic E-state index is 12.8. The Morgan fingerprint density at radius 1 is 1.15 bits per heavy atom. The molecule has 0 amide bonds. The molecule has 3 rings (SSSR count). The van der Waals surface area contributed by atoms with Crippen LogP contribution in [-0.4, -0.2) is 23.3 Å². The third kappa shape index (κ3) is 3.63. The molecule has 1 heterocycles. The summed E-state index contributed by atoms with van der Waals surface area (Å²) in [5.74, 6) is 0.675. The normalized spacial score (nSPS) is 14.0. The molecule has 1 aliphatic heterocycles. The largest absolute Gasteiger partial charge is 0.495 e. The topological polar surface area (TPSA) is 85.2 Å². The molecule has 2 N–H and O–H groups in total. The van der Waals surface area contributed by atoms with Crippen LogP contribution in [0.15, 0.2) is 24.3 Å². The van der Waals surface area contributed by atoms with Crippen LogP contribution in [0.1, 0.15) is 53.4 Å². The van der Waals surface area contributed by atoms with Gasteiger partial charge in [0.05, 0.1) is 19.8 Å². The molecule has 0 unspecified atom stereocenters. The van der Waals surface area contributed by atoms with E-state index in [2.05, 4.69) is 0 Å². The summed E-state index contributed by atoms with van der Waals surface area (Å²) >= 11 is 0. The number of hydrogen-bond donors (Lipinski definition) is 2. The summed E-state index contributed by atoms with van der Waals surface area (Å²) < 4.78 is 16.9. The number of ether oxygens (including phenoxy) is 3. The molecule has 6 nitrogen and oxygen atoms in total. The van der Waals surface area contributed by atoms with Crippen LogP contribution in [0.4, 0.5) is 0 Å². The van der Waals surface area contributed by atoms with Crippen LogP contribution in [0.3, 0.4) is 0 Å². The van der Waals surface area contributed by atoms with Crippen LogP contribution in [0.2, 0.25) is 0 Å². The van der Waals surface area contributed by atoms with Crippen molar-refractivity contribution in [2.24, 2.45) is 5.92 Å². The summed E-state index contributed by atoms with van der Waals surface area (Å²) in [5, 5.41) is 20.2. The lowest BCUT2D eigenvalue weighted by atomic mass is 9.96. The predicted octanol–water partition coefficient (Wildman–Crippen LogP) is 3.90. The van der Waals surface area contributed by atoms with E-state index in [-0.39, 0.29) is 35.3 Å². The van der Waals surface area contributed by atoms with Gasteiger partial charge in [0.25, 0.3) is 0 Å². The maximum atomic E-state index is 12.8. The first-order valence-corrected chi connectivity index (χ1v) is 8.89. The summed E-state index contributed by atoms with van der Waals surface area (Å²) in [6, 6.07) is 6.76. The fraction of sp³-hybridized carbons (Fsp3) is 0.381. The summed E-state index contributed by atoms with van der Waals surface area (Å²) in [6.07, 6.45) is -0.252. The van der Waals surface area contributed by atoms with Gasteiger partial charge in [-0.15, -0.1) is 0 Å². The van der Waals surface area contributed by atoms with Gasteiger partial charge in [-0.25, -0.2) is 4.79 Å². The Bertz CT molecular complexity index is 871. The Hall–Kier alpha value is -2.57. The van der Waals surface area contributed by atoms with E-state index in [4.69, 9.17) is 14.2 Å². The second kappa shape index (κ2) is 7.58. The molecule has 27 heavy (non-hydrogen) atoms. The number of hydrogen-bond acceptors (Lipinski definition) is 6. The Labute approximate surface area is 158 Å². The van der Waals surface area contributed by atoms with Crippen LogP contribution in [0.5, 0.6) is 23.0 Å². The van der Waals surface area contributed by atoms with Crippen molar-refractivity contribution in [3.05, 3.63) is 46.5 Å². The van der Waals surface area contributed by atoms with E-state index in [1.54, 1.807) is 24.3 Å². The Morgan fingerprint density at radius 3 is 2.52 bits per heavy atom. The zero-order valence-electron chi connectivity index (χ0n) is 15.9. The molecule has 0 aromatic heterocycles. The van der Waals surface area contributed by atoms with E-state index in [1.807, 2.05) is 20.8 Å². The van der Waals surface area contributed by atoms with E-state index < -0.39 is 12.1 Å². The van der Waals surface area contributed by atoms with Gasteiger partial charge in [0.2, 0.25) is 0 Å². The van der Waals surface area contributed by atoms with Crippen molar-refractivity contribution in [1.29, 1.82) is 0 Å². The minimum absolute atomic E-state index is 0.121. The average molecular weight is 372 g/mol. The molecule has 0 spiro atoms. The number of aliphatic hydroxyl groups is 2. The third-order valence-electron chi connectivity index (χ3n) is 4.47. The molecule has 0 radical (unpaired) electrons. The van der Waals surface area contributed by atoms with Crippen molar-refractivity contribution in [2.75, 3.05) is 7.11 Å². The summed E-state index contributed by atoms with van der Waals surface area (Å²) in [6.45, 7) is 5.60. The van der Waals surface area contributed by atoms with Crippen LogP contribution in [0.25, 0.3) is 0 Å². The van der Waals surface area contributed by atoms with E-state index in [1.165, 1.54) is 7.11 Å². The Balaban J connectivity index is 2.14. The lowest BCUT2D eigenvalue weighted by Gasteiger charge is -2.19. The van der Waals surface area contributed by atoms with Gasteiger partial charge in [-0.3, -0.25) is 0 Å². The van der Waals surface area contributed by atoms with Crippen molar-refractivity contribution >= 4 is 5.97 Å². The highest BCUT2D eigenvalue weighted by atomic mass is 16.6. The lowest BCUT2D eigenvalue weighted by Crippen LogP contribution is -2.12. The monoisotopic (exact) mass is 372 g/mol. The minimum Gasteiger partial charge on any atom is -0.495 e. The third-order valence-corrected chi connectivity index (χ3v) is 4.47. The van der Waals surface area contributed by atoms with E-state index >= 15 is 0 Å². The van der Waals surface area contributed by atoms with Gasteiger partial charge >= 0.3 is 5.97 Å². The Morgan fingerprint density at radius 2 is 1.89 bits per heavy atom. The van der Waals surface area contributed by atoms with Crippen LogP contribution >= 0.6 is 0 Å². The zero-order chi connectivity index (χ0) is 19.7. The summed E-state index contributed by atoms with van der Waals surface area (Å²) in [7, 11) is 1.44. The van der Waals surface area contributed by atoms with Gasteiger partial charge in [0.15, 0.2) is 11.5 Å². The zero-order valence-corrected chi connectivity index (χ0v) is 15.9. The number of aryl methyl sites for hydroxylation is 1. The number of rotatable bonds is 5. The molecule has 0 saturated carbocycles. The summed E-state index contributed by atoms with van der Waals surface area (Å²) in [5.41, 5.74) is 1.99. The standard InChI is InChI=1S/C21H24O6/c1-11(2)7-15(23)14-5-6-16-18(20(14)25-4)21(24)27-17-9-12(3)8-13(10-22)19(17)26-16/h5-6,8-9,11,15,22-23H,7,10H2,1-4H3/t15-/m0/s1. The van der Waals surface area contributed by atoms with Gasteiger partial charge in [-0.1, -0.05) is 13.8 Å². The number of fused-ring (bicyclic) bond motifs is 2. The predicted molar refractivity (Wildman–Crippen MR) is 99.5 cm³/mol. The van der Waals surface area contributed by atoms with Crippen molar-refractivity contribution < 1.29 is 29.2 Å². The average Bonchev–Trinajstić information content (AvgIpc) is 2.75. The van der Waals surface area contributed by atoms with Crippen LogP contribution < -0.4 is 14.2 Å². The number of carbonyl (C=O) groups excluding carboxylic acids is 1. The number of carbonyl (C=O) groups is 1. The van der Waals surface area contributed by atoms with Gasteiger partial charge < -0.3 is 24.4 Å². The van der Waals surface area contributed by atoms with Gasteiger partial charge in [-0.2, -0.15) is 0 Å². The Kier molecular flexibility index (Phi) is 5.39. The van der Waals surface area contributed by atoms with Gasteiger partial charge in [0.1, 0.15) is 17.1 Å². The molecular weight excluding hydrogens is 348 g/mol. The minimum atomic E-state index is -0.779. The van der Waals surface area contributed by atoms with Crippen LogP contribution in [0, 0.1) is 12.8 Å². The first kappa shape index (κ1) is 19.2. The number of methoxy groups -OCH3 is 1. The van der Waals surface area contributed by atoms with Crippen molar-refractivity contribution in [2.45, 2.75) is 39.9 Å². The number of esters is 1. The highest BCUT2D eigenvalue weighted by molar-refractivity contribution is 5.98. The van der Waals surface area contributed by atoms with Crippen molar-refractivity contribution in [1.82, 2.24) is 0 Å². The quantitative estimate of drug-likeness (QED) is 0.612. The molecule has 1 aliphatic rings. The fourth-order valence-electron chi connectivity index (χ4n) is 3.30. The molecule has 0 fully saturated rings. The maximum Gasteiger partial charge on any atom is 0.351 e. The molecule has 6 heteroatoms. The van der Waals surface area contributed by atoms with Crippen molar-refractivity contribution in [3.63, 3.8) is 0 Å². The molecule has 0 saturated heterocycles. The van der Waals surface area contributed by atoms with Gasteiger partial charge in [0, 0.05) is 11.1 Å². The molecule has 1 atom stereocenters. The first-order valence-electron chi connectivity index (χ1n) is 8.89. The molecule has 144 valence electrons. The van der Waals surface area contributed by atoms with E-state index in [0.29, 0.717) is 23.3 Å². The smallest absolute Gasteiger partial charge is 0.351 e. The molecule has 0 aliphatic carbocycles. The number of benzene rings is 2. The number of aliphatic hydroxyl groups excluding tert-OH is 2. The van der Waals surface area contributed by atoms with Gasteiger partial charge in [-0.05, 0) is 49.1 Å². The summed E-state index contributed by atoms with van der Waals surface area (Å²) in [4.78, 5) is 12.8. The van der Waals surface area contributed by atoms with Crippen molar-refractivity contribution in [3.8, 4) is 23.0 Å². The molecule has 2 aromatic carbocycles. The highest BCUT2D eigenvalue weighted by Crippen LogP contribution is 2.45. The molecular formula is C21H24O6. The van der Waals surface area contributed by atoms with E-state index in [0.717, 1.165) is 5.56 Å².